The molecule has 1 aliphatic carbocycles. The second-order valence-corrected chi connectivity index (χ2v) is 4.43. The molecule has 18 heavy (non-hydrogen) atoms. The smallest absolute Gasteiger partial charge is 0.337 e. The highest BCUT2D eigenvalue weighted by Crippen LogP contribution is 2.17. The van der Waals surface area contributed by atoms with Crippen molar-refractivity contribution in [3.63, 3.8) is 0 Å². The Morgan fingerprint density at radius 3 is 2.44 bits per heavy atom. The molecule has 0 aliphatic heterocycles. The van der Waals surface area contributed by atoms with E-state index >= 15 is 0 Å². The van der Waals surface area contributed by atoms with Gasteiger partial charge in [-0.1, -0.05) is 26.0 Å². The van der Waals surface area contributed by atoms with Gasteiger partial charge in [0.1, 0.15) is 0 Å². The van der Waals surface area contributed by atoms with Crippen molar-refractivity contribution in [2.24, 2.45) is 0 Å². The zero-order valence-corrected chi connectivity index (χ0v) is 11.6. The number of rotatable bonds is 6. The van der Waals surface area contributed by atoms with Crippen LogP contribution in [0.2, 0.25) is 0 Å². The molecule has 1 aliphatic rings. The number of methoxy groups -OCH3 is 1. The highest BCUT2D eigenvalue weighted by molar-refractivity contribution is 5.92. The van der Waals surface area contributed by atoms with Crippen LogP contribution in [-0.4, -0.2) is 31.1 Å². The van der Waals surface area contributed by atoms with Crippen LogP contribution in [0.5, 0.6) is 0 Å². The average molecular weight is 249 g/mol. The van der Waals surface area contributed by atoms with E-state index in [0.717, 1.165) is 32.4 Å². The SMILES string of the molecule is CCCN(C=C1C=CC(C(=O)OC)=CC1)CCC. The molecular weight excluding hydrogens is 226 g/mol. The molecule has 0 fully saturated rings. The van der Waals surface area contributed by atoms with Crippen molar-refractivity contribution in [1.29, 1.82) is 0 Å². The number of ether oxygens (including phenoxy) is 1. The van der Waals surface area contributed by atoms with E-state index in [1.54, 1.807) is 0 Å². The summed E-state index contributed by atoms with van der Waals surface area (Å²) in [5.41, 5.74) is 1.89. The van der Waals surface area contributed by atoms with Crippen molar-refractivity contribution >= 4 is 5.97 Å². The number of hydrogen-bond acceptors (Lipinski definition) is 3. The van der Waals surface area contributed by atoms with Gasteiger partial charge in [0, 0.05) is 19.3 Å². The lowest BCUT2D eigenvalue weighted by Gasteiger charge is -2.20. The third-order valence-corrected chi connectivity index (χ3v) is 2.83. The zero-order chi connectivity index (χ0) is 13.4. The molecule has 0 amide bonds. The molecule has 1 rings (SSSR count). The first-order valence-electron chi connectivity index (χ1n) is 6.62. The van der Waals surface area contributed by atoms with Crippen molar-refractivity contribution in [1.82, 2.24) is 4.90 Å². The monoisotopic (exact) mass is 249 g/mol. The summed E-state index contributed by atoms with van der Waals surface area (Å²) in [4.78, 5) is 13.7. The van der Waals surface area contributed by atoms with Crippen molar-refractivity contribution < 1.29 is 9.53 Å². The van der Waals surface area contributed by atoms with Crippen LogP contribution in [0.25, 0.3) is 0 Å². The Morgan fingerprint density at radius 1 is 1.33 bits per heavy atom. The fraction of sp³-hybridized carbons (Fsp3) is 0.533. The predicted octanol–water partition coefficient (Wildman–Crippen LogP) is 3.05. The molecule has 0 unspecified atom stereocenters. The first-order valence-corrected chi connectivity index (χ1v) is 6.62. The van der Waals surface area contributed by atoms with Gasteiger partial charge in [-0.25, -0.2) is 4.79 Å². The van der Waals surface area contributed by atoms with Gasteiger partial charge in [-0.15, -0.1) is 0 Å². The van der Waals surface area contributed by atoms with Gasteiger partial charge in [0.15, 0.2) is 0 Å². The minimum Gasteiger partial charge on any atom is -0.465 e. The van der Waals surface area contributed by atoms with Gasteiger partial charge in [-0.3, -0.25) is 0 Å². The Kier molecular flexibility index (Phi) is 6.26. The van der Waals surface area contributed by atoms with Crippen molar-refractivity contribution in [3.05, 3.63) is 35.6 Å². The Bertz CT molecular complexity index is 361. The lowest BCUT2D eigenvalue weighted by atomic mass is 10.0. The minimum atomic E-state index is -0.260. The molecular formula is C15H23NO2. The van der Waals surface area contributed by atoms with E-state index in [1.807, 2.05) is 18.2 Å². The zero-order valence-electron chi connectivity index (χ0n) is 11.6. The molecule has 100 valence electrons. The van der Waals surface area contributed by atoms with E-state index < -0.39 is 0 Å². The number of carbonyl (C=O) groups is 1. The minimum absolute atomic E-state index is 0.260. The predicted molar refractivity (Wildman–Crippen MR) is 74.1 cm³/mol. The molecule has 0 saturated heterocycles. The number of carbonyl (C=O) groups excluding carboxylic acids is 1. The highest BCUT2D eigenvalue weighted by Gasteiger charge is 2.10. The van der Waals surface area contributed by atoms with E-state index in [9.17, 15) is 4.79 Å². The number of esters is 1. The molecule has 0 bridgehead atoms. The van der Waals surface area contributed by atoms with Gasteiger partial charge in [0.25, 0.3) is 0 Å². The van der Waals surface area contributed by atoms with Gasteiger partial charge in [0.2, 0.25) is 0 Å². The van der Waals surface area contributed by atoms with Crippen LogP contribution in [0.15, 0.2) is 35.6 Å². The molecule has 0 atom stereocenters. The lowest BCUT2D eigenvalue weighted by Crippen LogP contribution is -2.19. The number of hydrogen-bond donors (Lipinski definition) is 0. The molecule has 0 aromatic carbocycles. The maximum Gasteiger partial charge on any atom is 0.337 e. The highest BCUT2D eigenvalue weighted by atomic mass is 16.5. The fourth-order valence-corrected chi connectivity index (χ4v) is 1.98. The molecule has 0 spiro atoms. The van der Waals surface area contributed by atoms with E-state index in [1.165, 1.54) is 12.7 Å². The maximum absolute atomic E-state index is 11.3. The largest absolute Gasteiger partial charge is 0.465 e. The summed E-state index contributed by atoms with van der Waals surface area (Å²) >= 11 is 0. The fourth-order valence-electron chi connectivity index (χ4n) is 1.98. The molecule has 0 heterocycles. The Morgan fingerprint density at radius 2 is 2.00 bits per heavy atom. The third kappa shape index (κ3) is 4.40. The summed E-state index contributed by atoms with van der Waals surface area (Å²) < 4.78 is 4.69. The summed E-state index contributed by atoms with van der Waals surface area (Å²) in [6.45, 7) is 6.54. The van der Waals surface area contributed by atoms with E-state index in [4.69, 9.17) is 4.74 Å². The van der Waals surface area contributed by atoms with E-state index in [-0.39, 0.29) is 5.97 Å². The summed E-state index contributed by atoms with van der Waals surface area (Å²) in [6, 6.07) is 0. The topological polar surface area (TPSA) is 29.5 Å². The first-order chi connectivity index (χ1) is 8.71. The average Bonchev–Trinajstić information content (AvgIpc) is 2.39. The van der Waals surface area contributed by atoms with Gasteiger partial charge < -0.3 is 9.64 Å². The molecule has 0 aromatic heterocycles. The summed E-state index contributed by atoms with van der Waals surface area (Å²) in [6.07, 6.45) is 11.1. The number of allylic oxidation sites excluding steroid dienone is 3. The quantitative estimate of drug-likeness (QED) is 0.678. The van der Waals surface area contributed by atoms with Crippen LogP contribution < -0.4 is 0 Å². The Hall–Kier alpha value is -1.51. The van der Waals surface area contributed by atoms with Crippen LogP contribution >= 0.6 is 0 Å². The Labute approximate surface area is 110 Å². The van der Waals surface area contributed by atoms with Crippen LogP contribution in [0, 0.1) is 0 Å². The van der Waals surface area contributed by atoms with Gasteiger partial charge >= 0.3 is 5.97 Å². The van der Waals surface area contributed by atoms with E-state index in [2.05, 4.69) is 24.9 Å². The normalized spacial score (nSPS) is 16.6. The molecule has 3 heteroatoms. The Balaban J connectivity index is 2.63. The first kappa shape index (κ1) is 14.6. The maximum atomic E-state index is 11.3. The summed E-state index contributed by atoms with van der Waals surface area (Å²) in [7, 11) is 1.41. The standard InChI is InChI=1S/C15H23NO2/c1-4-10-16(11-5-2)12-13-6-8-14(9-7-13)15(17)18-3/h6,8-9,12H,4-5,7,10-11H2,1-3H3. The molecule has 3 nitrogen and oxygen atoms in total. The van der Waals surface area contributed by atoms with Gasteiger partial charge in [0.05, 0.1) is 12.7 Å². The third-order valence-electron chi connectivity index (χ3n) is 2.83. The molecule has 0 saturated carbocycles. The lowest BCUT2D eigenvalue weighted by molar-refractivity contribution is -0.135. The van der Waals surface area contributed by atoms with Crippen LogP contribution in [0.1, 0.15) is 33.1 Å². The number of nitrogens with zero attached hydrogens (tertiary/aromatic N) is 1. The van der Waals surface area contributed by atoms with Crippen molar-refractivity contribution in [2.45, 2.75) is 33.1 Å². The van der Waals surface area contributed by atoms with Crippen LogP contribution in [-0.2, 0) is 9.53 Å². The molecule has 0 N–H and O–H groups in total. The summed E-state index contributed by atoms with van der Waals surface area (Å²) in [5, 5.41) is 0. The molecule has 0 radical (unpaired) electrons. The second-order valence-electron chi connectivity index (χ2n) is 4.43. The van der Waals surface area contributed by atoms with Crippen molar-refractivity contribution in [2.75, 3.05) is 20.2 Å². The summed E-state index contributed by atoms with van der Waals surface area (Å²) in [5.74, 6) is -0.260. The van der Waals surface area contributed by atoms with Crippen molar-refractivity contribution in [3.8, 4) is 0 Å². The van der Waals surface area contributed by atoms with Crippen LogP contribution in [0.3, 0.4) is 0 Å². The van der Waals surface area contributed by atoms with Gasteiger partial charge in [-0.2, -0.15) is 0 Å². The molecule has 0 aromatic rings. The second kappa shape index (κ2) is 7.75. The van der Waals surface area contributed by atoms with Gasteiger partial charge in [-0.05, 0) is 30.9 Å². The van der Waals surface area contributed by atoms with E-state index in [0.29, 0.717) is 5.57 Å². The van der Waals surface area contributed by atoms with Crippen LogP contribution in [0.4, 0.5) is 0 Å².